The smallest absolute Gasteiger partial charge is 0.204 e. The highest BCUT2D eigenvalue weighted by Gasteiger charge is 2.10. The van der Waals surface area contributed by atoms with Crippen LogP contribution in [0.3, 0.4) is 0 Å². The molecule has 0 atom stereocenters. The van der Waals surface area contributed by atoms with Crippen LogP contribution in [0.1, 0.15) is 5.69 Å². The molecule has 0 aliphatic rings. The van der Waals surface area contributed by atoms with Gasteiger partial charge >= 0.3 is 0 Å². The van der Waals surface area contributed by atoms with Gasteiger partial charge in [0.2, 0.25) is 5.82 Å². The van der Waals surface area contributed by atoms with E-state index >= 15 is 0 Å². The molecule has 0 bridgehead atoms. The van der Waals surface area contributed by atoms with Gasteiger partial charge < -0.3 is 4.57 Å². The second kappa shape index (κ2) is 5.53. The summed E-state index contributed by atoms with van der Waals surface area (Å²) in [6, 6.07) is 22.8. The molecule has 0 saturated heterocycles. The Balaban J connectivity index is 1.77. The predicted octanol–water partition coefficient (Wildman–Crippen LogP) is 3.63. The monoisotopic (exact) mass is 301 g/mol. The van der Waals surface area contributed by atoms with E-state index in [1.807, 2.05) is 18.2 Å². The first-order valence-corrected chi connectivity index (χ1v) is 7.41. The van der Waals surface area contributed by atoms with Crippen LogP contribution in [0.25, 0.3) is 28.3 Å². The molecule has 5 nitrogen and oxygen atoms in total. The molecule has 23 heavy (non-hydrogen) atoms. The number of aromatic amines is 1. The molecule has 4 rings (SSSR count). The number of rotatable bonds is 3. The van der Waals surface area contributed by atoms with Crippen LogP contribution in [0.5, 0.6) is 0 Å². The average molecular weight is 301 g/mol. The van der Waals surface area contributed by atoms with E-state index in [0.29, 0.717) is 5.82 Å². The largest absolute Gasteiger partial charge is 0.314 e. The lowest BCUT2D eigenvalue weighted by atomic mass is 10.1. The summed E-state index contributed by atoms with van der Waals surface area (Å²) >= 11 is 0. The molecule has 1 N–H and O–H groups in total. The summed E-state index contributed by atoms with van der Waals surface area (Å²) in [6.07, 6.45) is 0. The molecule has 0 aliphatic heterocycles. The van der Waals surface area contributed by atoms with Crippen LogP contribution in [-0.4, -0.2) is 25.2 Å². The number of aryl methyl sites for hydroxylation is 1. The summed E-state index contributed by atoms with van der Waals surface area (Å²) in [5, 5.41) is 14.1. The van der Waals surface area contributed by atoms with E-state index in [1.165, 1.54) is 5.69 Å². The Hall–Kier alpha value is -3.21. The average Bonchev–Trinajstić information content (AvgIpc) is 3.25. The molecule has 0 fully saturated rings. The summed E-state index contributed by atoms with van der Waals surface area (Å²) in [5.41, 5.74) is 5.61. The van der Waals surface area contributed by atoms with Crippen LogP contribution in [0.2, 0.25) is 0 Å². The minimum Gasteiger partial charge on any atom is -0.314 e. The lowest BCUT2D eigenvalue weighted by Gasteiger charge is -2.12. The first-order valence-electron chi connectivity index (χ1n) is 7.41. The van der Waals surface area contributed by atoms with Gasteiger partial charge in [-0.1, -0.05) is 42.5 Å². The first-order chi connectivity index (χ1) is 11.3. The molecule has 0 radical (unpaired) electrons. The van der Waals surface area contributed by atoms with Crippen molar-refractivity contribution in [2.45, 2.75) is 6.92 Å². The van der Waals surface area contributed by atoms with Gasteiger partial charge in [-0.2, -0.15) is 5.21 Å². The maximum atomic E-state index is 4.01. The third kappa shape index (κ3) is 2.42. The molecule has 0 amide bonds. The minimum atomic E-state index is 0.603. The SMILES string of the molecule is Cc1ccc(-c2ccc(-c3nn[nH]n3)cc2)n1-c1ccccc1. The molecule has 0 unspecified atom stereocenters. The van der Waals surface area contributed by atoms with Gasteiger partial charge in [-0.05, 0) is 42.0 Å². The van der Waals surface area contributed by atoms with Crippen molar-refractivity contribution < 1.29 is 0 Å². The maximum Gasteiger partial charge on any atom is 0.204 e. The van der Waals surface area contributed by atoms with Gasteiger partial charge in [0, 0.05) is 16.9 Å². The molecular formula is C18H15N5. The molecule has 5 heteroatoms. The lowest BCUT2D eigenvalue weighted by molar-refractivity contribution is 0.881. The van der Waals surface area contributed by atoms with Gasteiger partial charge in [-0.15, -0.1) is 10.2 Å². The summed E-state index contributed by atoms with van der Waals surface area (Å²) in [6.45, 7) is 2.12. The summed E-state index contributed by atoms with van der Waals surface area (Å²) in [5.74, 6) is 0.603. The van der Waals surface area contributed by atoms with Crippen molar-refractivity contribution >= 4 is 0 Å². The topological polar surface area (TPSA) is 59.4 Å². The van der Waals surface area contributed by atoms with Crippen LogP contribution in [-0.2, 0) is 0 Å². The van der Waals surface area contributed by atoms with Crippen LogP contribution in [0, 0.1) is 6.92 Å². The molecule has 0 spiro atoms. The highest BCUT2D eigenvalue weighted by molar-refractivity contribution is 5.67. The van der Waals surface area contributed by atoms with Crippen molar-refractivity contribution in [3.8, 4) is 28.3 Å². The Morgan fingerprint density at radius 3 is 2.26 bits per heavy atom. The fourth-order valence-corrected chi connectivity index (χ4v) is 2.76. The van der Waals surface area contributed by atoms with Gasteiger partial charge in [0.1, 0.15) is 0 Å². The lowest BCUT2D eigenvalue weighted by Crippen LogP contribution is -1.98. The van der Waals surface area contributed by atoms with E-state index in [0.717, 1.165) is 22.5 Å². The molecule has 0 saturated carbocycles. The van der Waals surface area contributed by atoms with Gasteiger partial charge in [0.25, 0.3) is 0 Å². The highest BCUT2D eigenvalue weighted by atomic mass is 15.5. The second-order valence-corrected chi connectivity index (χ2v) is 5.34. The standard InChI is InChI=1S/C18H15N5/c1-13-7-12-17(23(13)16-5-3-2-4-6-16)14-8-10-15(11-9-14)18-19-21-22-20-18/h2-12H,1H3,(H,19,20,21,22). The highest BCUT2D eigenvalue weighted by Crippen LogP contribution is 2.27. The third-order valence-electron chi connectivity index (χ3n) is 3.87. The predicted molar refractivity (Wildman–Crippen MR) is 89.1 cm³/mol. The van der Waals surface area contributed by atoms with E-state index in [1.54, 1.807) is 0 Å². The molecular weight excluding hydrogens is 286 g/mol. The zero-order valence-electron chi connectivity index (χ0n) is 12.6. The number of para-hydroxylation sites is 1. The molecule has 2 aromatic heterocycles. The summed E-state index contributed by atoms with van der Waals surface area (Å²) in [4.78, 5) is 0. The van der Waals surface area contributed by atoms with Crippen molar-refractivity contribution in [3.05, 3.63) is 72.4 Å². The first kappa shape index (κ1) is 13.5. The Morgan fingerprint density at radius 1 is 0.826 bits per heavy atom. The molecule has 2 heterocycles. The van der Waals surface area contributed by atoms with Crippen molar-refractivity contribution in [2.24, 2.45) is 0 Å². The van der Waals surface area contributed by atoms with Crippen LogP contribution >= 0.6 is 0 Å². The Labute approximate surface area is 133 Å². The van der Waals surface area contributed by atoms with Crippen molar-refractivity contribution in [3.63, 3.8) is 0 Å². The van der Waals surface area contributed by atoms with Gasteiger partial charge in [0.15, 0.2) is 0 Å². The zero-order chi connectivity index (χ0) is 15.6. The quantitative estimate of drug-likeness (QED) is 0.628. The van der Waals surface area contributed by atoms with Crippen molar-refractivity contribution in [1.82, 2.24) is 25.2 Å². The second-order valence-electron chi connectivity index (χ2n) is 5.34. The number of H-pyrrole nitrogens is 1. The number of tetrazole rings is 1. The number of hydrogen-bond donors (Lipinski definition) is 1. The number of benzene rings is 2. The van der Waals surface area contributed by atoms with E-state index in [-0.39, 0.29) is 0 Å². The molecule has 112 valence electrons. The van der Waals surface area contributed by atoms with Gasteiger partial charge in [-0.3, -0.25) is 0 Å². The Bertz CT molecular complexity index is 906. The summed E-state index contributed by atoms with van der Waals surface area (Å²) < 4.78 is 2.25. The maximum absolute atomic E-state index is 4.01. The zero-order valence-corrected chi connectivity index (χ0v) is 12.6. The van der Waals surface area contributed by atoms with Gasteiger partial charge in [-0.25, -0.2) is 0 Å². The molecule has 0 aliphatic carbocycles. The van der Waals surface area contributed by atoms with E-state index < -0.39 is 0 Å². The van der Waals surface area contributed by atoms with E-state index in [4.69, 9.17) is 0 Å². The van der Waals surface area contributed by atoms with Crippen molar-refractivity contribution in [1.29, 1.82) is 0 Å². The Morgan fingerprint density at radius 2 is 1.57 bits per heavy atom. The van der Waals surface area contributed by atoms with Crippen LogP contribution in [0.4, 0.5) is 0 Å². The fourth-order valence-electron chi connectivity index (χ4n) is 2.76. The number of aromatic nitrogens is 5. The van der Waals surface area contributed by atoms with Crippen LogP contribution < -0.4 is 0 Å². The molecule has 4 aromatic rings. The normalized spacial score (nSPS) is 10.8. The third-order valence-corrected chi connectivity index (χ3v) is 3.87. The summed E-state index contributed by atoms with van der Waals surface area (Å²) in [7, 11) is 0. The van der Waals surface area contributed by atoms with Crippen LogP contribution in [0.15, 0.2) is 66.7 Å². The van der Waals surface area contributed by atoms with Crippen molar-refractivity contribution in [2.75, 3.05) is 0 Å². The molecule has 2 aromatic carbocycles. The fraction of sp³-hybridized carbons (Fsp3) is 0.0556. The van der Waals surface area contributed by atoms with E-state index in [9.17, 15) is 0 Å². The number of nitrogens with one attached hydrogen (secondary N) is 1. The number of nitrogens with zero attached hydrogens (tertiary/aromatic N) is 4. The number of hydrogen-bond acceptors (Lipinski definition) is 3. The Kier molecular flexibility index (Phi) is 3.24. The minimum absolute atomic E-state index is 0.603. The van der Waals surface area contributed by atoms with Gasteiger partial charge in [0.05, 0.1) is 5.69 Å². The van der Waals surface area contributed by atoms with E-state index in [2.05, 4.69) is 80.6 Å².